The lowest BCUT2D eigenvalue weighted by Crippen LogP contribution is -2.16. The van der Waals surface area contributed by atoms with E-state index in [-0.39, 0.29) is 11.3 Å². The molecule has 1 aliphatic carbocycles. The molecule has 7 rings (SSSR count). The number of hydrogen-bond donors (Lipinski definition) is 2. The van der Waals surface area contributed by atoms with Gasteiger partial charge in [0.2, 0.25) is 0 Å². The maximum atomic E-state index is 14.6. The van der Waals surface area contributed by atoms with Crippen molar-refractivity contribution >= 4 is 21.7 Å². The molecule has 158 valence electrons. The molecule has 3 aliphatic rings. The van der Waals surface area contributed by atoms with Gasteiger partial charge >= 0.3 is 0 Å². The van der Waals surface area contributed by atoms with Crippen LogP contribution in [0.25, 0.3) is 32.9 Å². The van der Waals surface area contributed by atoms with Gasteiger partial charge in [-0.15, -0.1) is 6.42 Å². The van der Waals surface area contributed by atoms with Crippen LogP contribution in [-0.4, -0.2) is 39.6 Å². The van der Waals surface area contributed by atoms with Crippen LogP contribution in [0.3, 0.4) is 0 Å². The molecule has 2 fully saturated rings. The highest BCUT2D eigenvalue weighted by Crippen LogP contribution is 2.57. The van der Waals surface area contributed by atoms with Crippen molar-refractivity contribution in [3.8, 4) is 35.1 Å². The van der Waals surface area contributed by atoms with Crippen molar-refractivity contribution in [2.45, 2.75) is 12.5 Å². The van der Waals surface area contributed by atoms with Crippen molar-refractivity contribution in [3.05, 3.63) is 47.5 Å². The van der Waals surface area contributed by atoms with Crippen molar-refractivity contribution in [1.29, 1.82) is 0 Å². The highest BCUT2D eigenvalue weighted by molar-refractivity contribution is 6.04. The Balaban J connectivity index is 1.51. The van der Waals surface area contributed by atoms with Crippen molar-refractivity contribution in [3.63, 3.8) is 0 Å². The Labute approximate surface area is 183 Å². The fourth-order valence-electron chi connectivity index (χ4n) is 5.71. The second-order valence-corrected chi connectivity index (χ2v) is 8.82. The molecule has 2 atom stereocenters. The molecule has 32 heavy (non-hydrogen) atoms. The number of rotatable bonds is 2. The molecule has 6 nitrogen and oxygen atoms in total. The lowest BCUT2D eigenvalue weighted by atomic mass is 9.95. The van der Waals surface area contributed by atoms with E-state index in [1.807, 2.05) is 10.9 Å². The minimum atomic E-state index is -0.483. The van der Waals surface area contributed by atoms with Gasteiger partial charge in [0.05, 0.1) is 17.8 Å². The summed E-state index contributed by atoms with van der Waals surface area (Å²) in [4.78, 5) is 4.76. The fourth-order valence-corrected chi connectivity index (χ4v) is 5.71. The number of aromatic nitrogens is 3. The Bertz CT molecular complexity index is 1490. The van der Waals surface area contributed by atoms with Gasteiger partial charge in [0, 0.05) is 28.5 Å². The Morgan fingerprint density at radius 3 is 2.91 bits per heavy atom. The molecular weight excluding hydrogens is 407 g/mol. The topological polar surface area (TPSA) is 72.2 Å². The maximum Gasteiger partial charge on any atom is 0.171 e. The number of terminal acetylenes is 1. The largest absolute Gasteiger partial charge is 0.508 e. The van der Waals surface area contributed by atoms with Gasteiger partial charge in [-0.25, -0.2) is 4.39 Å². The SMILES string of the molecule is C#Cc1c(F)ccc2cc(O)cc(-c3ncc4c(C5C6CNCC65)nn5c4c3OCC5)c12. The Hall–Kier alpha value is -3.63. The standard InChI is InChI=1S/C25H19FN4O2/c1-2-14-19(26)4-3-12-7-13(31)8-15(20(12)14)23-25-24-18(11-28-23)22(29-30(24)5-6-32-25)21-16-9-27-10-17(16)21/h1,3-4,7-8,11,16-17,21,27,31H,5-6,9-10H2. The molecule has 2 N–H and O–H groups in total. The normalized spacial score (nSPS) is 23.2. The average molecular weight is 426 g/mol. The number of phenols is 1. The van der Waals surface area contributed by atoms with Crippen LogP contribution in [0.1, 0.15) is 17.2 Å². The van der Waals surface area contributed by atoms with Crippen LogP contribution in [0.15, 0.2) is 30.5 Å². The quantitative estimate of drug-likeness (QED) is 0.481. The summed E-state index contributed by atoms with van der Waals surface area (Å²) in [5, 5.41) is 21.0. The molecule has 7 heteroatoms. The number of hydrogen-bond acceptors (Lipinski definition) is 5. The summed E-state index contributed by atoms with van der Waals surface area (Å²) in [6.07, 6.45) is 7.50. The molecule has 0 radical (unpaired) electrons. The second kappa shape index (κ2) is 6.21. The summed E-state index contributed by atoms with van der Waals surface area (Å²) in [5.74, 6) is 4.39. The van der Waals surface area contributed by atoms with Crippen LogP contribution < -0.4 is 10.1 Å². The molecule has 0 spiro atoms. The number of pyridine rings is 1. The van der Waals surface area contributed by atoms with E-state index in [1.54, 1.807) is 18.2 Å². The molecule has 2 aromatic carbocycles. The first-order chi connectivity index (χ1) is 15.7. The van der Waals surface area contributed by atoms with Gasteiger partial charge in [-0.1, -0.05) is 12.0 Å². The maximum absolute atomic E-state index is 14.6. The third-order valence-electron chi connectivity index (χ3n) is 7.18. The first-order valence-electron chi connectivity index (χ1n) is 10.8. The van der Waals surface area contributed by atoms with Gasteiger partial charge in [-0.2, -0.15) is 5.10 Å². The Kier molecular flexibility index (Phi) is 3.49. The number of aromatic hydroxyl groups is 1. The lowest BCUT2D eigenvalue weighted by molar-refractivity contribution is 0.278. The number of nitrogens with one attached hydrogen (secondary N) is 1. The zero-order valence-electron chi connectivity index (χ0n) is 17.1. The third kappa shape index (κ3) is 2.28. The third-order valence-corrected chi connectivity index (χ3v) is 7.18. The number of piperidine rings is 1. The summed E-state index contributed by atoms with van der Waals surface area (Å²) in [6.45, 7) is 3.20. The molecule has 1 saturated heterocycles. The monoisotopic (exact) mass is 426 g/mol. The van der Waals surface area contributed by atoms with Crippen LogP contribution in [0, 0.1) is 30.0 Å². The molecular formula is C25H19FN4O2. The fraction of sp³-hybridized carbons (Fsp3) is 0.280. The predicted octanol–water partition coefficient (Wildman–Crippen LogP) is 3.40. The van der Waals surface area contributed by atoms with Gasteiger partial charge < -0.3 is 15.2 Å². The van der Waals surface area contributed by atoms with E-state index in [1.165, 1.54) is 6.07 Å². The molecule has 4 heterocycles. The van der Waals surface area contributed by atoms with E-state index in [0.717, 1.165) is 29.7 Å². The second-order valence-electron chi connectivity index (χ2n) is 8.82. The molecule has 0 bridgehead atoms. The van der Waals surface area contributed by atoms with Crippen molar-refractivity contribution in [1.82, 2.24) is 20.1 Å². The van der Waals surface area contributed by atoms with E-state index in [4.69, 9.17) is 21.2 Å². The first-order valence-corrected chi connectivity index (χ1v) is 10.8. The summed E-state index contributed by atoms with van der Waals surface area (Å²) >= 11 is 0. The number of ether oxygens (including phenoxy) is 1. The zero-order valence-corrected chi connectivity index (χ0v) is 17.1. The molecule has 1 saturated carbocycles. The molecule has 0 amide bonds. The van der Waals surface area contributed by atoms with Gasteiger partial charge in [-0.05, 0) is 48.5 Å². The van der Waals surface area contributed by atoms with E-state index in [0.29, 0.717) is 58.7 Å². The number of fused-ring (bicyclic) bond motifs is 2. The van der Waals surface area contributed by atoms with E-state index in [9.17, 15) is 9.50 Å². The number of benzene rings is 2. The average Bonchev–Trinajstić information content (AvgIpc) is 3.11. The summed E-state index contributed by atoms with van der Waals surface area (Å²) in [5.41, 5.74) is 3.23. The summed E-state index contributed by atoms with van der Waals surface area (Å²) < 4.78 is 22.7. The number of nitrogens with zero attached hydrogens (tertiary/aromatic N) is 3. The van der Waals surface area contributed by atoms with Crippen molar-refractivity contribution in [2.24, 2.45) is 11.8 Å². The van der Waals surface area contributed by atoms with Crippen LogP contribution in [-0.2, 0) is 6.54 Å². The highest BCUT2D eigenvalue weighted by Gasteiger charge is 2.55. The van der Waals surface area contributed by atoms with E-state index < -0.39 is 5.82 Å². The van der Waals surface area contributed by atoms with E-state index >= 15 is 0 Å². The van der Waals surface area contributed by atoms with Gasteiger partial charge in [0.25, 0.3) is 0 Å². The van der Waals surface area contributed by atoms with Gasteiger partial charge in [-0.3, -0.25) is 9.67 Å². The predicted molar refractivity (Wildman–Crippen MR) is 118 cm³/mol. The Morgan fingerprint density at radius 2 is 2.09 bits per heavy atom. The number of halogens is 1. The lowest BCUT2D eigenvalue weighted by Gasteiger charge is -2.19. The zero-order chi connectivity index (χ0) is 21.6. The number of phenolic OH excluding ortho intramolecular Hbond substituents is 1. The van der Waals surface area contributed by atoms with Crippen LogP contribution in [0.5, 0.6) is 11.5 Å². The van der Waals surface area contributed by atoms with Crippen LogP contribution in [0.4, 0.5) is 4.39 Å². The minimum Gasteiger partial charge on any atom is -0.508 e. The summed E-state index contributed by atoms with van der Waals surface area (Å²) in [6, 6.07) is 6.08. The van der Waals surface area contributed by atoms with E-state index in [2.05, 4.69) is 11.2 Å². The van der Waals surface area contributed by atoms with Crippen LogP contribution >= 0.6 is 0 Å². The Morgan fingerprint density at radius 1 is 1.25 bits per heavy atom. The van der Waals surface area contributed by atoms with Crippen molar-refractivity contribution in [2.75, 3.05) is 19.7 Å². The highest BCUT2D eigenvalue weighted by atomic mass is 19.1. The van der Waals surface area contributed by atoms with Crippen molar-refractivity contribution < 1.29 is 14.2 Å². The smallest absolute Gasteiger partial charge is 0.171 e. The van der Waals surface area contributed by atoms with Crippen LogP contribution in [0.2, 0.25) is 0 Å². The minimum absolute atomic E-state index is 0.0551. The van der Waals surface area contributed by atoms with Gasteiger partial charge in [0.15, 0.2) is 5.75 Å². The molecule has 4 aromatic rings. The molecule has 2 aliphatic heterocycles. The molecule has 2 aromatic heterocycles. The van der Waals surface area contributed by atoms with Gasteiger partial charge in [0.1, 0.15) is 29.4 Å². The molecule has 2 unspecified atom stereocenters. The summed E-state index contributed by atoms with van der Waals surface area (Å²) in [7, 11) is 0. The first kappa shape index (κ1) is 18.0.